The summed E-state index contributed by atoms with van der Waals surface area (Å²) in [6.45, 7) is 0. The van der Waals surface area contributed by atoms with E-state index in [0.717, 1.165) is 0 Å². The molecule has 0 unspecified atom stereocenters. The Morgan fingerprint density at radius 3 is 2.20 bits per heavy atom. The standard InChI is InChI=1S/CH4O3.Al/c1-3-4-2;/h2H,1H3;/q;+1/p-1. The fourth-order valence-corrected chi connectivity index (χ4v) is 0.118. The molecule has 5 heavy (non-hydrogen) atoms. The molecule has 0 amide bonds. The van der Waals surface area contributed by atoms with Crippen LogP contribution in [0.3, 0.4) is 0 Å². The van der Waals surface area contributed by atoms with Crippen LogP contribution >= 0.6 is 0 Å². The molecular weight excluding hydrogens is 87.0 g/mol. The van der Waals surface area contributed by atoms with E-state index in [2.05, 4.69) is 13.9 Å². The van der Waals surface area contributed by atoms with Crippen molar-refractivity contribution in [3.05, 3.63) is 0 Å². The van der Waals surface area contributed by atoms with Crippen molar-refractivity contribution in [2.75, 3.05) is 7.11 Å². The molecule has 0 rings (SSSR count). The number of rotatable bonds is 2. The molecule has 0 bridgehead atoms. The normalized spacial score (nSPS) is 8.20. The molecule has 0 atom stereocenters. The summed E-state index contributed by atoms with van der Waals surface area (Å²) in [6, 6.07) is 0. The van der Waals surface area contributed by atoms with Crippen molar-refractivity contribution >= 4 is 16.6 Å². The van der Waals surface area contributed by atoms with E-state index in [1.54, 1.807) is 0 Å². The van der Waals surface area contributed by atoms with E-state index in [-0.39, 0.29) is 0 Å². The molecule has 2 radical (unpaired) electrons. The Kier molecular flexibility index (Phi) is 4.78. The topological polar surface area (TPSA) is 27.7 Å². The minimum absolute atomic E-state index is 1.35. The molecule has 0 saturated carbocycles. The second-order valence-electron chi connectivity index (χ2n) is 0.331. The van der Waals surface area contributed by atoms with E-state index in [1.807, 2.05) is 16.6 Å². The zero-order chi connectivity index (χ0) is 4.12. The maximum Gasteiger partial charge on any atom is 0.441 e. The minimum Gasteiger partial charge on any atom is -0.370 e. The van der Waals surface area contributed by atoms with Gasteiger partial charge in [0.25, 0.3) is 0 Å². The third kappa shape index (κ3) is 4.41. The molecule has 0 N–H and O–H groups in total. The highest BCUT2D eigenvalue weighted by Crippen LogP contribution is 1.63. The highest BCUT2D eigenvalue weighted by atomic mass is 27.1. The summed E-state index contributed by atoms with van der Waals surface area (Å²) in [7, 11) is 1.35. The van der Waals surface area contributed by atoms with Crippen LogP contribution in [-0.4, -0.2) is 23.7 Å². The molecule has 0 aliphatic rings. The van der Waals surface area contributed by atoms with E-state index in [1.165, 1.54) is 7.11 Å². The Morgan fingerprint density at radius 2 is 2.20 bits per heavy atom. The van der Waals surface area contributed by atoms with E-state index in [0.29, 0.717) is 0 Å². The molecule has 0 saturated heterocycles. The average molecular weight is 90.0 g/mol. The van der Waals surface area contributed by atoms with Crippen LogP contribution in [0.4, 0.5) is 0 Å². The third-order valence-electron chi connectivity index (χ3n) is 0.107. The van der Waals surface area contributed by atoms with Crippen LogP contribution < -0.4 is 0 Å². The predicted octanol–water partition coefficient (Wildman–Crippen LogP) is -0.421. The molecule has 0 aromatic heterocycles. The van der Waals surface area contributed by atoms with Gasteiger partial charge in [-0.1, -0.05) is 0 Å². The molecule has 4 heteroatoms. The van der Waals surface area contributed by atoms with Crippen LogP contribution in [0.15, 0.2) is 0 Å². The fourth-order valence-electron chi connectivity index (χ4n) is 0.0393. The summed E-state index contributed by atoms with van der Waals surface area (Å²) in [4.78, 5) is 3.95. The van der Waals surface area contributed by atoms with Gasteiger partial charge in [-0.3, -0.25) is 0 Å². The van der Waals surface area contributed by atoms with Crippen LogP contribution in [0.5, 0.6) is 0 Å². The second kappa shape index (κ2) is 4.41. The molecule has 0 spiro atoms. The van der Waals surface area contributed by atoms with Gasteiger partial charge in [0.05, 0.1) is 7.11 Å². The number of hydrogen-bond acceptors (Lipinski definition) is 3. The van der Waals surface area contributed by atoms with Gasteiger partial charge in [0.2, 0.25) is 0 Å². The lowest BCUT2D eigenvalue weighted by Crippen LogP contribution is -1.84. The Hall–Kier alpha value is 0.412. The van der Waals surface area contributed by atoms with Gasteiger partial charge >= 0.3 is 16.6 Å². The maximum atomic E-state index is 3.95. The van der Waals surface area contributed by atoms with Crippen LogP contribution in [0.25, 0.3) is 0 Å². The molecule has 3 nitrogen and oxygen atoms in total. The number of hydrogen-bond donors (Lipinski definition) is 0. The van der Waals surface area contributed by atoms with Crippen molar-refractivity contribution < 1.29 is 13.9 Å². The summed E-state index contributed by atoms with van der Waals surface area (Å²) in [5, 5.41) is 3.80. The zero-order valence-electron chi connectivity index (χ0n) is 2.80. The zero-order valence-corrected chi connectivity index (χ0v) is 3.96. The smallest absolute Gasteiger partial charge is 0.370 e. The molecule has 0 aromatic rings. The molecule has 0 aliphatic carbocycles. The van der Waals surface area contributed by atoms with Crippen molar-refractivity contribution in [1.29, 1.82) is 0 Å². The lowest BCUT2D eigenvalue weighted by atomic mass is 11.8. The van der Waals surface area contributed by atoms with E-state index in [9.17, 15) is 0 Å². The van der Waals surface area contributed by atoms with Gasteiger partial charge in [-0.15, -0.1) is 5.04 Å². The molecular formula is CH3AlO3. The van der Waals surface area contributed by atoms with Crippen molar-refractivity contribution in [3.8, 4) is 0 Å². The van der Waals surface area contributed by atoms with Crippen molar-refractivity contribution in [1.82, 2.24) is 0 Å². The molecule has 0 fully saturated rings. The first-order valence-corrected chi connectivity index (χ1v) is 1.45. The first kappa shape index (κ1) is 5.41. The summed E-state index contributed by atoms with van der Waals surface area (Å²) < 4.78 is 3.89. The summed E-state index contributed by atoms with van der Waals surface area (Å²) in [5.41, 5.74) is 0. The Bertz CT molecular complexity index is 14.4. The fraction of sp³-hybridized carbons (Fsp3) is 1.00. The Balaban J connectivity index is 2.19. The first-order chi connectivity index (χ1) is 2.41. The summed E-state index contributed by atoms with van der Waals surface area (Å²) in [6.07, 6.45) is 0. The van der Waals surface area contributed by atoms with E-state index in [4.69, 9.17) is 0 Å². The second-order valence-corrected chi connectivity index (χ2v) is 0.523. The molecule has 0 aliphatic heterocycles. The minimum atomic E-state index is 1.35. The summed E-state index contributed by atoms with van der Waals surface area (Å²) in [5.74, 6) is 0. The van der Waals surface area contributed by atoms with Gasteiger partial charge in [-0.05, 0) is 0 Å². The average Bonchev–Trinajstić information content (AvgIpc) is 1.41. The van der Waals surface area contributed by atoms with Gasteiger partial charge in [0.15, 0.2) is 0 Å². The van der Waals surface area contributed by atoms with Crippen LogP contribution in [0, 0.1) is 0 Å². The maximum absolute atomic E-state index is 3.95. The molecule has 0 aromatic carbocycles. The Morgan fingerprint density at radius 1 is 1.60 bits per heavy atom. The van der Waals surface area contributed by atoms with Gasteiger partial charge < -0.3 is 3.94 Å². The predicted molar refractivity (Wildman–Crippen MR) is 14.9 cm³/mol. The highest BCUT2D eigenvalue weighted by Gasteiger charge is 1.62. The highest BCUT2D eigenvalue weighted by molar-refractivity contribution is 5.97. The van der Waals surface area contributed by atoms with E-state index < -0.39 is 0 Å². The van der Waals surface area contributed by atoms with Gasteiger partial charge in [0.1, 0.15) is 0 Å². The SMILES string of the molecule is COO[O][Al]. The quantitative estimate of drug-likeness (QED) is 0.262. The molecule has 0 heterocycles. The van der Waals surface area contributed by atoms with Crippen LogP contribution in [-0.2, 0) is 13.9 Å². The van der Waals surface area contributed by atoms with Gasteiger partial charge in [0, 0.05) is 0 Å². The largest absolute Gasteiger partial charge is 0.441 e. The van der Waals surface area contributed by atoms with E-state index >= 15 is 0 Å². The van der Waals surface area contributed by atoms with Gasteiger partial charge in [-0.2, -0.15) is 0 Å². The van der Waals surface area contributed by atoms with Crippen LogP contribution in [0.1, 0.15) is 0 Å². The van der Waals surface area contributed by atoms with Crippen molar-refractivity contribution in [2.24, 2.45) is 0 Å². The monoisotopic (exact) mass is 90.0 g/mol. The Labute approximate surface area is 38.4 Å². The summed E-state index contributed by atoms with van der Waals surface area (Å²) >= 11 is 1.85. The molecule has 28 valence electrons. The van der Waals surface area contributed by atoms with Crippen molar-refractivity contribution in [3.63, 3.8) is 0 Å². The lowest BCUT2D eigenvalue weighted by molar-refractivity contribution is -0.454. The third-order valence-corrected chi connectivity index (χ3v) is 0.186. The van der Waals surface area contributed by atoms with Gasteiger partial charge in [-0.25, -0.2) is 4.89 Å². The lowest BCUT2D eigenvalue weighted by Gasteiger charge is -1.88. The van der Waals surface area contributed by atoms with Crippen molar-refractivity contribution in [2.45, 2.75) is 0 Å². The first-order valence-electron chi connectivity index (χ1n) is 0.977. The van der Waals surface area contributed by atoms with Crippen LogP contribution in [0.2, 0.25) is 0 Å².